The predicted octanol–water partition coefficient (Wildman–Crippen LogP) is 6.30. The summed E-state index contributed by atoms with van der Waals surface area (Å²) in [4.78, 5) is 12.8. The summed E-state index contributed by atoms with van der Waals surface area (Å²) in [7, 11) is 0. The molecule has 2 unspecified atom stereocenters. The summed E-state index contributed by atoms with van der Waals surface area (Å²) in [5, 5.41) is 0. The number of hydrogen-bond donors (Lipinski definition) is 0. The molecule has 2 nitrogen and oxygen atoms in total. The van der Waals surface area contributed by atoms with Gasteiger partial charge >= 0.3 is 5.97 Å². The van der Waals surface area contributed by atoms with Gasteiger partial charge in [0.15, 0.2) is 0 Å². The van der Waals surface area contributed by atoms with E-state index in [0.717, 1.165) is 37.7 Å². The van der Waals surface area contributed by atoms with E-state index in [2.05, 4.69) is 41.2 Å². The molecule has 2 atom stereocenters. The van der Waals surface area contributed by atoms with E-state index in [4.69, 9.17) is 4.74 Å². The lowest BCUT2D eigenvalue weighted by atomic mass is 9.71. The van der Waals surface area contributed by atoms with Gasteiger partial charge < -0.3 is 4.74 Å². The smallest absolute Gasteiger partial charge is 0.316 e. The topological polar surface area (TPSA) is 26.3 Å². The van der Waals surface area contributed by atoms with Crippen LogP contribution in [0.2, 0.25) is 0 Å². The van der Waals surface area contributed by atoms with Gasteiger partial charge in [-0.3, -0.25) is 4.79 Å². The summed E-state index contributed by atoms with van der Waals surface area (Å²) in [5.74, 6) is -0.0927. The molecule has 0 aromatic carbocycles. The number of unbranched alkanes of at least 4 members (excludes halogenated alkanes) is 2. The Morgan fingerprint density at radius 1 is 1.05 bits per heavy atom. The van der Waals surface area contributed by atoms with Crippen LogP contribution in [-0.4, -0.2) is 12.1 Å². The van der Waals surface area contributed by atoms with Crippen molar-refractivity contribution in [2.24, 2.45) is 10.8 Å². The van der Waals surface area contributed by atoms with Crippen LogP contribution in [0.1, 0.15) is 93.4 Å². The zero-order valence-electron chi connectivity index (χ0n) is 16.1. The van der Waals surface area contributed by atoms with Gasteiger partial charge in [-0.2, -0.15) is 0 Å². The third-order valence-electron chi connectivity index (χ3n) is 4.29. The molecule has 0 amide bonds. The van der Waals surface area contributed by atoms with Crippen molar-refractivity contribution in [1.29, 1.82) is 0 Å². The number of hydrogen-bond acceptors (Lipinski definition) is 2. The monoisotopic (exact) mass is 310 g/mol. The molecule has 0 aromatic heterocycles. The number of carbonyl (C=O) groups is 1. The van der Waals surface area contributed by atoms with Gasteiger partial charge in [-0.15, -0.1) is 0 Å². The molecule has 0 aliphatic carbocycles. The summed E-state index contributed by atoms with van der Waals surface area (Å²) in [5.41, 5.74) is 0.376. The van der Waals surface area contributed by atoms with E-state index in [0.29, 0.717) is 0 Å². The summed E-state index contributed by atoms with van der Waals surface area (Å²) in [6, 6.07) is 0. The zero-order valence-corrected chi connectivity index (χ0v) is 16.1. The van der Waals surface area contributed by atoms with E-state index in [-0.39, 0.29) is 17.5 Å². The number of ether oxygens (including phenoxy) is 1. The van der Waals surface area contributed by atoms with Crippen molar-refractivity contribution in [3.63, 3.8) is 0 Å². The minimum Gasteiger partial charge on any atom is -0.462 e. The van der Waals surface area contributed by atoms with Crippen LogP contribution in [0.5, 0.6) is 0 Å². The molecule has 0 aliphatic heterocycles. The van der Waals surface area contributed by atoms with Gasteiger partial charge in [0.2, 0.25) is 0 Å². The summed E-state index contributed by atoms with van der Waals surface area (Å²) < 4.78 is 5.91. The van der Waals surface area contributed by atoms with Crippen LogP contribution in [0.3, 0.4) is 0 Å². The fraction of sp³-hybridized carbons (Fsp3) is 0.850. The molecule has 2 heteroatoms. The van der Waals surface area contributed by atoms with Gasteiger partial charge in [-0.1, -0.05) is 66.0 Å². The Labute approximate surface area is 138 Å². The van der Waals surface area contributed by atoms with Gasteiger partial charge in [0.05, 0.1) is 5.41 Å². The molecule has 0 aliphatic rings. The first kappa shape index (κ1) is 21.2. The highest BCUT2D eigenvalue weighted by atomic mass is 16.5. The molecule has 0 heterocycles. The van der Waals surface area contributed by atoms with E-state index in [9.17, 15) is 4.79 Å². The second-order valence-electron chi connectivity index (χ2n) is 8.16. The normalized spacial score (nSPS) is 16.0. The first-order chi connectivity index (χ1) is 10.1. The van der Waals surface area contributed by atoms with Crippen molar-refractivity contribution in [2.75, 3.05) is 0 Å². The Morgan fingerprint density at radius 2 is 1.64 bits per heavy atom. The Balaban J connectivity index is 4.93. The molecule has 130 valence electrons. The highest BCUT2D eigenvalue weighted by molar-refractivity contribution is 5.80. The molecule has 0 fully saturated rings. The summed E-state index contributed by atoms with van der Waals surface area (Å²) in [6.07, 6.45) is 7.35. The Morgan fingerprint density at radius 3 is 2.05 bits per heavy atom. The van der Waals surface area contributed by atoms with E-state index in [1.807, 2.05) is 13.8 Å². The molecule has 0 N–H and O–H groups in total. The van der Waals surface area contributed by atoms with Gasteiger partial charge in [0, 0.05) is 0 Å². The molecular formula is C20H38O2. The van der Waals surface area contributed by atoms with Crippen LogP contribution >= 0.6 is 0 Å². The Bertz CT molecular complexity index is 351. The standard InChI is InChI=1S/C20H38O2/c1-9-11-12-14-17(13-10-2)22-18(21)20(8,16(3)4)15-19(5,6)7/h17H,3,9-15H2,1-2,4-8H3. The average molecular weight is 311 g/mol. The Kier molecular flexibility index (Phi) is 9.04. The third-order valence-corrected chi connectivity index (χ3v) is 4.29. The molecule has 0 rings (SSSR count). The number of rotatable bonds is 10. The minimum atomic E-state index is -0.588. The molecule has 0 saturated carbocycles. The maximum atomic E-state index is 12.8. The predicted molar refractivity (Wildman–Crippen MR) is 95.9 cm³/mol. The number of carbonyl (C=O) groups excluding carboxylic acids is 1. The number of esters is 1. The van der Waals surface area contributed by atoms with Crippen LogP contribution in [0, 0.1) is 10.8 Å². The van der Waals surface area contributed by atoms with Gasteiger partial charge in [0.25, 0.3) is 0 Å². The lowest BCUT2D eigenvalue weighted by molar-refractivity contribution is -0.160. The first-order valence-electron chi connectivity index (χ1n) is 8.94. The van der Waals surface area contributed by atoms with Crippen molar-refractivity contribution >= 4 is 5.97 Å². The third kappa shape index (κ3) is 7.47. The van der Waals surface area contributed by atoms with Gasteiger partial charge in [-0.05, 0) is 44.9 Å². The fourth-order valence-corrected chi connectivity index (χ4v) is 2.95. The maximum absolute atomic E-state index is 12.8. The summed E-state index contributed by atoms with van der Waals surface area (Å²) in [6.45, 7) is 18.8. The van der Waals surface area contributed by atoms with Crippen molar-refractivity contribution in [3.8, 4) is 0 Å². The van der Waals surface area contributed by atoms with E-state index >= 15 is 0 Å². The lowest BCUT2D eigenvalue weighted by Gasteiger charge is -2.35. The lowest BCUT2D eigenvalue weighted by Crippen LogP contribution is -2.37. The van der Waals surface area contributed by atoms with Crippen molar-refractivity contribution < 1.29 is 9.53 Å². The average Bonchev–Trinajstić information content (AvgIpc) is 2.36. The van der Waals surface area contributed by atoms with Crippen LogP contribution in [-0.2, 0) is 9.53 Å². The van der Waals surface area contributed by atoms with Gasteiger partial charge in [-0.25, -0.2) is 0 Å². The van der Waals surface area contributed by atoms with Gasteiger partial charge in [0.1, 0.15) is 6.10 Å². The molecule has 0 radical (unpaired) electrons. The van der Waals surface area contributed by atoms with Crippen molar-refractivity contribution in [3.05, 3.63) is 12.2 Å². The molecule has 22 heavy (non-hydrogen) atoms. The van der Waals surface area contributed by atoms with E-state index < -0.39 is 5.41 Å². The second-order valence-corrected chi connectivity index (χ2v) is 8.16. The molecule has 0 spiro atoms. The highest BCUT2D eigenvalue weighted by Gasteiger charge is 2.40. The molecular weight excluding hydrogens is 272 g/mol. The molecule has 0 aromatic rings. The maximum Gasteiger partial charge on any atom is 0.316 e. The van der Waals surface area contributed by atoms with Crippen molar-refractivity contribution in [2.45, 2.75) is 99.5 Å². The SMILES string of the molecule is C=C(C)C(C)(CC(C)(C)C)C(=O)OC(CCC)CCCCC. The highest BCUT2D eigenvalue weighted by Crippen LogP contribution is 2.40. The van der Waals surface area contributed by atoms with Crippen LogP contribution in [0.15, 0.2) is 12.2 Å². The fourth-order valence-electron chi connectivity index (χ4n) is 2.95. The largest absolute Gasteiger partial charge is 0.462 e. The van der Waals surface area contributed by atoms with E-state index in [1.54, 1.807) is 0 Å². The molecule has 0 bridgehead atoms. The second kappa shape index (κ2) is 9.37. The quantitative estimate of drug-likeness (QED) is 0.269. The first-order valence-corrected chi connectivity index (χ1v) is 8.94. The van der Waals surface area contributed by atoms with Crippen LogP contribution in [0.4, 0.5) is 0 Å². The molecule has 0 saturated heterocycles. The van der Waals surface area contributed by atoms with Crippen LogP contribution in [0.25, 0.3) is 0 Å². The van der Waals surface area contributed by atoms with Crippen LogP contribution < -0.4 is 0 Å². The Hall–Kier alpha value is -0.790. The van der Waals surface area contributed by atoms with E-state index in [1.165, 1.54) is 12.8 Å². The minimum absolute atomic E-state index is 0.0580. The van der Waals surface area contributed by atoms with Crippen molar-refractivity contribution in [1.82, 2.24) is 0 Å². The zero-order chi connectivity index (χ0) is 17.4. The summed E-state index contributed by atoms with van der Waals surface area (Å²) >= 11 is 0.